The highest BCUT2D eigenvalue weighted by atomic mass is 19.1. The topological polar surface area (TPSA) is 71.4 Å². The highest BCUT2D eigenvalue weighted by molar-refractivity contribution is 6.39. The normalized spacial score (nSPS) is 15.5. The summed E-state index contributed by atoms with van der Waals surface area (Å²) in [6.07, 6.45) is 1.48. The number of benzene rings is 2. The molecule has 0 unspecified atom stereocenters. The molecule has 0 atom stereocenters. The molecule has 0 saturated carbocycles. The number of nitrogens with one attached hydrogen (secondary N) is 1. The van der Waals surface area contributed by atoms with Gasteiger partial charge in [0.2, 0.25) is 0 Å². The second-order valence-electron chi connectivity index (χ2n) is 7.43. The van der Waals surface area contributed by atoms with Crippen molar-refractivity contribution in [2.45, 2.75) is 20.8 Å². The number of imide groups is 2. The molecular weight excluding hydrogens is 397 g/mol. The number of amides is 4. The first-order valence-electron chi connectivity index (χ1n) is 9.69. The molecule has 1 N–H and O–H groups in total. The number of halogens is 1. The summed E-state index contributed by atoms with van der Waals surface area (Å²) in [6.45, 7) is 5.84. The van der Waals surface area contributed by atoms with Crippen LogP contribution in [0.5, 0.6) is 0 Å². The molecule has 2 aromatic carbocycles. The number of nitrogens with zero attached hydrogens (tertiary/aromatic N) is 2. The summed E-state index contributed by atoms with van der Waals surface area (Å²) < 4.78 is 15.3. The Bertz CT molecular complexity index is 1240. The summed E-state index contributed by atoms with van der Waals surface area (Å²) in [4.78, 5) is 38.6. The second kappa shape index (κ2) is 7.68. The number of aromatic nitrogens is 1. The minimum absolute atomic E-state index is 0.173. The lowest BCUT2D eigenvalue weighted by atomic mass is 10.1. The van der Waals surface area contributed by atoms with Crippen molar-refractivity contribution < 1.29 is 18.8 Å². The maximum absolute atomic E-state index is 13.2. The van der Waals surface area contributed by atoms with E-state index in [1.807, 2.05) is 55.7 Å². The van der Waals surface area contributed by atoms with Gasteiger partial charge in [0, 0.05) is 17.1 Å². The third kappa shape index (κ3) is 3.66. The lowest BCUT2D eigenvalue weighted by Gasteiger charge is -2.26. The van der Waals surface area contributed by atoms with E-state index in [2.05, 4.69) is 5.32 Å². The van der Waals surface area contributed by atoms with Gasteiger partial charge in [-0.25, -0.2) is 14.1 Å². The standard InChI is InChI=1S/C24H20FN3O3/c1-14-4-8-19(9-5-14)27-15(2)12-17(16(27)3)13-21-22(29)26-24(31)28(23(21)30)20-10-6-18(25)7-11-20/h4-13H,1-3H3,(H,26,29,31)/b21-13-. The molecule has 156 valence electrons. The summed E-state index contributed by atoms with van der Waals surface area (Å²) in [5, 5.41) is 2.18. The summed E-state index contributed by atoms with van der Waals surface area (Å²) >= 11 is 0. The van der Waals surface area contributed by atoms with Crippen LogP contribution in [0.25, 0.3) is 11.8 Å². The molecule has 6 nitrogen and oxygen atoms in total. The number of anilines is 1. The van der Waals surface area contributed by atoms with E-state index in [1.165, 1.54) is 18.2 Å². The van der Waals surface area contributed by atoms with Crippen molar-refractivity contribution in [3.8, 4) is 5.69 Å². The number of carbonyl (C=O) groups is 3. The van der Waals surface area contributed by atoms with Crippen LogP contribution in [-0.4, -0.2) is 22.4 Å². The Kier molecular flexibility index (Phi) is 5.02. The minimum atomic E-state index is -0.871. The zero-order valence-electron chi connectivity index (χ0n) is 17.3. The minimum Gasteiger partial charge on any atom is -0.318 e. The van der Waals surface area contributed by atoms with Gasteiger partial charge < -0.3 is 4.57 Å². The molecule has 4 amide bonds. The first kappa shape index (κ1) is 20.3. The summed E-state index contributed by atoms with van der Waals surface area (Å²) in [5.41, 5.74) is 4.57. The predicted octanol–water partition coefficient (Wildman–Crippen LogP) is 4.21. The van der Waals surface area contributed by atoms with Crippen molar-refractivity contribution >= 4 is 29.6 Å². The predicted molar refractivity (Wildman–Crippen MR) is 115 cm³/mol. The molecular formula is C24H20FN3O3. The number of hydrogen-bond acceptors (Lipinski definition) is 3. The number of carbonyl (C=O) groups excluding carboxylic acids is 3. The lowest BCUT2D eigenvalue weighted by Crippen LogP contribution is -2.54. The van der Waals surface area contributed by atoms with E-state index >= 15 is 0 Å². The van der Waals surface area contributed by atoms with E-state index in [4.69, 9.17) is 0 Å². The van der Waals surface area contributed by atoms with Gasteiger partial charge in [-0.2, -0.15) is 0 Å². The van der Waals surface area contributed by atoms with Crippen LogP contribution in [0.3, 0.4) is 0 Å². The Labute approximate surface area is 178 Å². The maximum Gasteiger partial charge on any atom is 0.335 e. The molecule has 1 aromatic heterocycles. The van der Waals surface area contributed by atoms with Crippen LogP contribution in [-0.2, 0) is 9.59 Å². The largest absolute Gasteiger partial charge is 0.335 e. The number of barbiturate groups is 1. The number of hydrogen-bond donors (Lipinski definition) is 1. The van der Waals surface area contributed by atoms with Crippen LogP contribution in [0.4, 0.5) is 14.9 Å². The van der Waals surface area contributed by atoms with Gasteiger partial charge in [0.15, 0.2) is 0 Å². The van der Waals surface area contributed by atoms with E-state index in [1.54, 1.807) is 0 Å². The van der Waals surface area contributed by atoms with Crippen LogP contribution in [0, 0.1) is 26.6 Å². The average Bonchev–Trinajstić information content (AvgIpc) is 3.00. The average molecular weight is 417 g/mol. The zero-order chi connectivity index (χ0) is 22.3. The highest BCUT2D eigenvalue weighted by Gasteiger charge is 2.37. The Hall–Kier alpha value is -4.00. The first-order valence-corrected chi connectivity index (χ1v) is 9.69. The summed E-state index contributed by atoms with van der Waals surface area (Å²) in [6, 6.07) is 13.9. The molecule has 31 heavy (non-hydrogen) atoms. The maximum atomic E-state index is 13.2. The molecule has 4 rings (SSSR count). The van der Waals surface area contributed by atoms with E-state index in [-0.39, 0.29) is 11.3 Å². The van der Waals surface area contributed by atoms with E-state index < -0.39 is 23.7 Å². The van der Waals surface area contributed by atoms with E-state index in [0.29, 0.717) is 5.56 Å². The van der Waals surface area contributed by atoms with Gasteiger partial charge in [-0.15, -0.1) is 0 Å². The number of urea groups is 1. The first-order chi connectivity index (χ1) is 14.8. The lowest BCUT2D eigenvalue weighted by molar-refractivity contribution is -0.122. The van der Waals surface area contributed by atoms with Crippen LogP contribution in [0.15, 0.2) is 60.2 Å². The van der Waals surface area contributed by atoms with Gasteiger partial charge >= 0.3 is 6.03 Å². The van der Waals surface area contributed by atoms with Crippen LogP contribution in [0.1, 0.15) is 22.5 Å². The molecule has 0 radical (unpaired) electrons. The Balaban J connectivity index is 1.75. The Morgan fingerprint density at radius 3 is 2.13 bits per heavy atom. The van der Waals surface area contributed by atoms with Gasteiger partial charge in [0.05, 0.1) is 5.69 Å². The molecule has 0 spiro atoms. The van der Waals surface area contributed by atoms with Gasteiger partial charge in [-0.1, -0.05) is 17.7 Å². The third-order valence-corrected chi connectivity index (χ3v) is 5.25. The Morgan fingerprint density at radius 2 is 1.48 bits per heavy atom. The molecule has 1 aliphatic rings. The molecule has 1 aliphatic heterocycles. The fourth-order valence-corrected chi connectivity index (χ4v) is 3.66. The van der Waals surface area contributed by atoms with Crippen molar-refractivity contribution in [3.05, 3.63) is 88.5 Å². The molecule has 1 fully saturated rings. The van der Waals surface area contributed by atoms with Gasteiger partial charge in [0.1, 0.15) is 11.4 Å². The fraction of sp³-hybridized carbons (Fsp3) is 0.125. The number of rotatable bonds is 3. The van der Waals surface area contributed by atoms with Crippen LogP contribution < -0.4 is 10.2 Å². The molecule has 0 aliphatic carbocycles. The van der Waals surface area contributed by atoms with Gasteiger partial charge in [-0.05, 0) is 74.9 Å². The Morgan fingerprint density at radius 1 is 0.871 bits per heavy atom. The fourth-order valence-electron chi connectivity index (χ4n) is 3.66. The summed E-state index contributed by atoms with van der Waals surface area (Å²) in [5.74, 6) is -2.03. The van der Waals surface area contributed by atoms with Crippen molar-refractivity contribution in [2.24, 2.45) is 0 Å². The molecule has 7 heteroatoms. The van der Waals surface area contributed by atoms with Crippen molar-refractivity contribution in [1.82, 2.24) is 9.88 Å². The smallest absolute Gasteiger partial charge is 0.318 e. The van der Waals surface area contributed by atoms with Gasteiger partial charge in [0.25, 0.3) is 11.8 Å². The molecule has 0 bridgehead atoms. The van der Waals surface area contributed by atoms with Crippen LogP contribution in [0.2, 0.25) is 0 Å². The van der Waals surface area contributed by atoms with Crippen molar-refractivity contribution in [1.29, 1.82) is 0 Å². The second-order valence-corrected chi connectivity index (χ2v) is 7.43. The zero-order valence-corrected chi connectivity index (χ0v) is 17.3. The molecule has 3 aromatic rings. The SMILES string of the molecule is Cc1ccc(-n2c(C)cc(/C=C3/C(=O)NC(=O)N(c4ccc(F)cc4)C3=O)c2C)cc1. The third-order valence-electron chi connectivity index (χ3n) is 5.25. The van der Waals surface area contributed by atoms with Crippen molar-refractivity contribution in [2.75, 3.05) is 4.90 Å². The number of aryl methyl sites for hydroxylation is 2. The molecule has 2 heterocycles. The quantitative estimate of drug-likeness (QED) is 0.513. The molecule has 1 saturated heterocycles. The van der Waals surface area contributed by atoms with Crippen molar-refractivity contribution in [3.63, 3.8) is 0 Å². The van der Waals surface area contributed by atoms with E-state index in [0.717, 1.165) is 39.7 Å². The van der Waals surface area contributed by atoms with E-state index in [9.17, 15) is 18.8 Å². The van der Waals surface area contributed by atoms with Gasteiger partial charge in [-0.3, -0.25) is 14.9 Å². The highest BCUT2D eigenvalue weighted by Crippen LogP contribution is 2.26. The monoisotopic (exact) mass is 417 g/mol. The summed E-state index contributed by atoms with van der Waals surface area (Å²) in [7, 11) is 0. The van der Waals surface area contributed by atoms with Crippen LogP contribution >= 0.6 is 0 Å².